The quantitative estimate of drug-likeness (QED) is 0.840. The van der Waals surface area contributed by atoms with Gasteiger partial charge in [-0.15, -0.1) is 0 Å². The molecule has 0 spiro atoms. The number of halogens is 4. The van der Waals surface area contributed by atoms with E-state index in [9.17, 15) is 23.2 Å². The molecule has 0 aliphatic carbocycles. The van der Waals surface area contributed by atoms with Crippen molar-refractivity contribution < 1.29 is 18.0 Å². The fourth-order valence-electron chi connectivity index (χ4n) is 1.82. The molecule has 0 unspecified atom stereocenters. The molecule has 3 nitrogen and oxygen atoms in total. The van der Waals surface area contributed by atoms with Gasteiger partial charge in [-0.25, -0.2) is 0 Å². The van der Waals surface area contributed by atoms with Gasteiger partial charge in [0.2, 0.25) is 5.91 Å². The lowest BCUT2D eigenvalue weighted by Gasteiger charge is -2.22. The molecule has 1 amide bonds. The van der Waals surface area contributed by atoms with E-state index in [0.717, 1.165) is 12.1 Å². The molecule has 0 fully saturated rings. The molecule has 7 heteroatoms. The molecule has 1 aromatic rings. The van der Waals surface area contributed by atoms with Gasteiger partial charge in [-0.05, 0) is 47.0 Å². The summed E-state index contributed by atoms with van der Waals surface area (Å²) in [5.41, 5.74) is -2.11. The summed E-state index contributed by atoms with van der Waals surface area (Å²) >= 11 is 3.09. The van der Waals surface area contributed by atoms with E-state index in [1.807, 2.05) is 6.07 Å². The number of alkyl halides is 3. The van der Waals surface area contributed by atoms with Crippen LogP contribution in [-0.2, 0) is 11.0 Å². The molecule has 0 bridgehead atoms. The second kappa shape index (κ2) is 6.48. The number of hydrogen-bond donors (Lipinski definition) is 1. The van der Waals surface area contributed by atoms with E-state index in [1.165, 1.54) is 6.07 Å². The van der Waals surface area contributed by atoms with Gasteiger partial charge in [0.25, 0.3) is 0 Å². The molecular weight excluding hydrogens is 349 g/mol. The zero-order chi connectivity index (χ0) is 16.3. The first-order chi connectivity index (χ1) is 9.70. The lowest BCUT2D eigenvalue weighted by molar-refractivity contribution is -0.137. The number of nitriles is 1. The van der Waals surface area contributed by atoms with Crippen molar-refractivity contribution in [3.05, 3.63) is 28.2 Å². The van der Waals surface area contributed by atoms with E-state index >= 15 is 0 Å². The minimum Gasteiger partial charge on any atom is -0.324 e. The monoisotopic (exact) mass is 362 g/mol. The maximum Gasteiger partial charge on any atom is 0.416 e. The summed E-state index contributed by atoms with van der Waals surface area (Å²) in [6.07, 6.45) is -3.94. The number of nitrogens with zero attached hydrogens (tertiary/aromatic N) is 1. The lowest BCUT2D eigenvalue weighted by atomic mass is 9.83. The number of nitrogens with one attached hydrogen (secondary N) is 1. The Morgan fingerprint density at radius 1 is 1.33 bits per heavy atom. The first-order valence-electron chi connectivity index (χ1n) is 6.29. The molecule has 1 rings (SSSR count). The summed E-state index contributed by atoms with van der Waals surface area (Å²) < 4.78 is 38.4. The van der Waals surface area contributed by atoms with Crippen LogP contribution >= 0.6 is 15.9 Å². The first kappa shape index (κ1) is 17.5. The van der Waals surface area contributed by atoms with Crippen molar-refractivity contribution >= 4 is 27.5 Å². The molecule has 1 aromatic carbocycles. The Labute approximate surface area is 129 Å². The average Bonchev–Trinajstić information content (AvgIpc) is 2.42. The van der Waals surface area contributed by atoms with Crippen molar-refractivity contribution in [2.24, 2.45) is 5.41 Å². The summed E-state index contributed by atoms with van der Waals surface area (Å²) in [5, 5.41) is 11.6. The van der Waals surface area contributed by atoms with E-state index in [0.29, 0.717) is 4.47 Å². The van der Waals surface area contributed by atoms with E-state index in [1.54, 1.807) is 13.8 Å². The predicted molar refractivity (Wildman–Crippen MR) is 76.4 cm³/mol. The summed E-state index contributed by atoms with van der Waals surface area (Å²) in [6.45, 7) is 3.38. The van der Waals surface area contributed by atoms with E-state index in [4.69, 9.17) is 0 Å². The number of benzene rings is 1. The molecule has 0 heterocycles. The molecule has 0 aliphatic rings. The SMILES string of the molecule is CCC(C#N)(CC)C(=O)Nc1cc(C(F)(F)F)ccc1Br. The highest BCUT2D eigenvalue weighted by Gasteiger charge is 2.36. The van der Waals surface area contributed by atoms with Gasteiger partial charge in [0.05, 0.1) is 17.3 Å². The number of rotatable bonds is 4. The molecule has 1 N–H and O–H groups in total. The summed E-state index contributed by atoms with van der Waals surface area (Å²) in [6, 6.07) is 4.92. The minimum atomic E-state index is -4.50. The average molecular weight is 363 g/mol. The smallest absolute Gasteiger partial charge is 0.324 e. The number of hydrogen-bond acceptors (Lipinski definition) is 2. The molecule has 0 radical (unpaired) electrons. The third kappa shape index (κ3) is 3.76. The normalized spacial score (nSPS) is 11.9. The van der Waals surface area contributed by atoms with E-state index < -0.39 is 23.1 Å². The maximum atomic E-state index is 12.7. The molecular formula is C14H14BrF3N2O. The molecule has 21 heavy (non-hydrogen) atoms. The van der Waals surface area contributed by atoms with Crippen LogP contribution in [0.3, 0.4) is 0 Å². The van der Waals surface area contributed by atoms with Gasteiger partial charge in [0, 0.05) is 4.47 Å². The van der Waals surface area contributed by atoms with Gasteiger partial charge in [-0.3, -0.25) is 4.79 Å². The van der Waals surface area contributed by atoms with Crippen LogP contribution in [0.2, 0.25) is 0 Å². The molecule has 0 saturated carbocycles. The Balaban J connectivity index is 3.14. The number of amides is 1. The second-order valence-electron chi connectivity index (χ2n) is 4.55. The van der Waals surface area contributed by atoms with Crippen molar-refractivity contribution in [3.8, 4) is 6.07 Å². The van der Waals surface area contributed by atoms with Crippen LogP contribution in [-0.4, -0.2) is 5.91 Å². The van der Waals surface area contributed by atoms with Crippen LogP contribution in [0.25, 0.3) is 0 Å². The minimum absolute atomic E-state index is 0.00338. The highest BCUT2D eigenvalue weighted by Crippen LogP contribution is 2.35. The molecule has 0 aromatic heterocycles. The van der Waals surface area contributed by atoms with Crippen molar-refractivity contribution in [1.82, 2.24) is 0 Å². The summed E-state index contributed by atoms with van der Waals surface area (Å²) in [7, 11) is 0. The molecule has 114 valence electrons. The van der Waals surface area contributed by atoms with Gasteiger partial charge in [0.15, 0.2) is 0 Å². The van der Waals surface area contributed by atoms with Crippen LogP contribution in [0.5, 0.6) is 0 Å². The van der Waals surface area contributed by atoms with Crippen LogP contribution < -0.4 is 5.32 Å². The Morgan fingerprint density at radius 2 is 1.90 bits per heavy atom. The molecule has 0 saturated heterocycles. The summed E-state index contributed by atoms with van der Waals surface area (Å²) in [4.78, 5) is 12.2. The maximum absolute atomic E-state index is 12.7. The van der Waals surface area contributed by atoms with E-state index in [2.05, 4.69) is 21.2 Å². The standard InChI is InChI=1S/C14H14BrF3N2O/c1-3-13(4-2,8-19)12(21)20-11-7-9(14(16,17)18)5-6-10(11)15/h5-7H,3-4H2,1-2H3,(H,20,21). The molecule has 0 aliphatic heterocycles. The van der Waals surface area contributed by atoms with Crippen LogP contribution in [0.4, 0.5) is 18.9 Å². The zero-order valence-corrected chi connectivity index (χ0v) is 13.1. The third-order valence-corrected chi connectivity index (χ3v) is 4.09. The Bertz CT molecular complexity index is 575. The van der Waals surface area contributed by atoms with Gasteiger partial charge in [-0.1, -0.05) is 13.8 Å². The first-order valence-corrected chi connectivity index (χ1v) is 7.09. The van der Waals surface area contributed by atoms with Crippen molar-refractivity contribution in [2.45, 2.75) is 32.9 Å². The largest absolute Gasteiger partial charge is 0.416 e. The zero-order valence-electron chi connectivity index (χ0n) is 11.5. The number of anilines is 1. The van der Waals surface area contributed by atoms with Gasteiger partial charge >= 0.3 is 6.18 Å². The Kier molecular flexibility index (Phi) is 5.40. The fraction of sp³-hybridized carbons (Fsp3) is 0.429. The highest BCUT2D eigenvalue weighted by atomic mass is 79.9. The van der Waals surface area contributed by atoms with Gasteiger partial charge in [0.1, 0.15) is 5.41 Å². The summed E-state index contributed by atoms with van der Waals surface area (Å²) in [5.74, 6) is -0.602. The number of carbonyl (C=O) groups excluding carboxylic acids is 1. The van der Waals surface area contributed by atoms with Gasteiger partial charge in [-0.2, -0.15) is 18.4 Å². The predicted octanol–water partition coefficient (Wildman–Crippen LogP) is 4.74. The Hall–Kier alpha value is -1.55. The second-order valence-corrected chi connectivity index (χ2v) is 5.40. The number of carbonyl (C=O) groups is 1. The van der Waals surface area contributed by atoms with Crippen molar-refractivity contribution in [3.63, 3.8) is 0 Å². The van der Waals surface area contributed by atoms with Gasteiger partial charge < -0.3 is 5.32 Å². The topological polar surface area (TPSA) is 52.9 Å². The van der Waals surface area contributed by atoms with E-state index in [-0.39, 0.29) is 18.5 Å². The fourth-order valence-corrected chi connectivity index (χ4v) is 2.17. The van der Waals surface area contributed by atoms with Crippen LogP contribution in [0.1, 0.15) is 32.3 Å². The third-order valence-electron chi connectivity index (χ3n) is 3.40. The van der Waals surface area contributed by atoms with Crippen LogP contribution in [0, 0.1) is 16.7 Å². The molecule has 0 atom stereocenters. The lowest BCUT2D eigenvalue weighted by Crippen LogP contribution is -2.34. The highest BCUT2D eigenvalue weighted by molar-refractivity contribution is 9.10. The Morgan fingerprint density at radius 3 is 2.33 bits per heavy atom. The van der Waals surface area contributed by atoms with Crippen molar-refractivity contribution in [2.75, 3.05) is 5.32 Å². The van der Waals surface area contributed by atoms with Crippen molar-refractivity contribution in [1.29, 1.82) is 5.26 Å². The van der Waals surface area contributed by atoms with Crippen LogP contribution in [0.15, 0.2) is 22.7 Å².